The molecule has 0 heterocycles. The Hall–Kier alpha value is -3.32. The average molecular weight is 341 g/mol. The number of hydrazine groups is 1. The van der Waals surface area contributed by atoms with Crippen molar-refractivity contribution < 1.29 is 19.1 Å². The van der Waals surface area contributed by atoms with Crippen LogP contribution in [0.4, 0.5) is 0 Å². The van der Waals surface area contributed by atoms with E-state index in [-0.39, 0.29) is 5.70 Å². The summed E-state index contributed by atoms with van der Waals surface area (Å²) in [6.07, 6.45) is 1.49. The fraction of sp³-hybridized carbons (Fsp3) is 0.111. The van der Waals surface area contributed by atoms with E-state index in [1.54, 1.807) is 48.5 Å². The van der Waals surface area contributed by atoms with Gasteiger partial charge in [0.2, 0.25) is 0 Å². The predicted molar refractivity (Wildman–Crippen MR) is 93.8 cm³/mol. The van der Waals surface area contributed by atoms with Crippen LogP contribution >= 0.6 is 0 Å². The third-order valence-corrected chi connectivity index (χ3v) is 3.38. The van der Waals surface area contributed by atoms with Gasteiger partial charge in [-0.2, -0.15) is 0 Å². The van der Waals surface area contributed by atoms with Crippen LogP contribution in [0.5, 0.6) is 11.5 Å². The molecule has 0 aromatic heterocycles. The minimum absolute atomic E-state index is 0.00331. The first-order valence-corrected chi connectivity index (χ1v) is 7.40. The fourth-order valence-electron chi connectivity index (χ4n) is 2.13. The van der Waals surface area contributed by atoms with Crippen molar-refractivity contribution in [1.82, 2.24) is 10.7 Å². The van der Waals surface area contributed by atoms with E-state index in [0.29, 0.717) is 22.6 Å². The zero-order valence-electron chi connectivity index (χ0n) is 13.9. The molecule has 0 bridgehead atoms. The van der Waals surface area contributed by atoms with E-state index in [2.05, 4.69) is 5.32 Å². The third-order valence-electron chi connectivity index (χ3n) is 3.38. The third kappa shape index (κ3) is 4.58. The molecule has 2 aromatic carbocycles. The molecule has 0 aliphatic rings. The lowest BCUT2D eigenvalue weighted by molar-refractivity contribution is -0.117. The van der Waals surface area contributed by atoms with Gasteiger partial charge in [0.1, 0.15) is 5.70 Å². The maximum atomic E-state index is 12.3. The van der Waals surface area contributed by atoms with Crippen molar-refractivity contribution in [3.8, 4) is 11.5 Å². The molecule has 2 rings (SSSR count). The second kappa shape index (κ2) is 8.51. The van der Waals surface area contributed by atoms with E-state index < -0.39 is 11.8 Å². The van der Waals surface area contributed by atoms with Crippen molar-refractivity contribution in [2.45, 2.75) is 0 Å². The Bertz CT molecular complexity index is 788. The summed E-state index contributed by atoms with van der Waals surface area (Å²) in [4.78, 5) is 24.3. The van der Waals surface area contributed by atoms with Gasteiger partial charge in [0.25, 0.3) is 11.8 Å². The highest BCUT2D eigenvalue weighted by Crippen LogP contribution is 2.28. The highest BCUT2D eigenvalue weighted by atomic mass is 16.5. The first-order valence-electron chi connectivity index (χ1n) is 7.40. The molecule has 0 fully saturated rings. The molecular weight excluding hydrogens is 322 g/mol. The molecule has 0 spiro atoms. The lowest BCUT2D eigenvalue weighted by Gasteiger charge is -2.11. The van der Waals surface area contributed by atoms with Crippen LogP contribution in [0.15, 0.2) is 54.2 Å². The topological polar surface area (TPSA) is 103 Å². The zero-order chi connectivity index (χ0) is 18.2. The summed E-state index contributed by atoms with van der Waals surface area (Å²) in [5.41, 5.74) is 3.07. The van der Waals surface area contributed by atoms with Crippen molar-refractivity contribution in [2.75, 3.05) is 14.2 Å². The average Bonchev–Trinajstić information content (AvgIpc) is 2.67. The molecule has 2 aromatic rings. The van der Waals surface area contributed by atoms with Crippen LogP contribution in [0.2, 0.25) is 0 Å². The molecule has 2 amide bonds. The van der Waals surface area contributed by atoms with Crippen molar-refractivity contribution in [3.05, 3.63) is 65.4 Å². The van der Waals surface area contributed by atoms with Crippen molar-refractivity contribution in [3.63, 3.8) is 0 Å². The quantitative estimate of drug-likeness (QED) is 0.319. The highest BCUT2D eigenvalue weighted by Gasteiger charge is 2.14. The number of rotatable bonds is 6. The van der Waals surface area contributed by atoms with Gasteiger partial charge in [-0.15, -0.1) is 0 Å². The second-order valence-electron chi connectivity index (χ2n) is 4.97. The second-order valence-corrected chi connectivity index (χ2v) is 4.97. The molecule has 25 heavy (non-hydrogen) atoms. The van der Waals surface area contributed by atoms with Crippen molar-refractivity contribution in [2.24, 2.45) is 5.84 Å². The number of carbonyl (C=O) groups is 2. The number of hydrogen-bond acceptors (Lipinski definition) is 5. The molecule has 130 valence electrons. The van der Waals surface area contributed by atoms with Gasteiger partial charge in [-0.25, -0.2) is 5.84 Å². The van der Waals surface area contributed by atoms with Crippen LogP contribution in [-0.2, 0) is 4.79 Å². The van der Waals surface area contributed by atoms with Gasteiger partial charge in [-0.05, 0) is 35.9 Å². The zero-order valence-corrected chi connectivity index (χ0v) is 13.9. The van der Waals surface area contributed by atoms with E-state index >= 15 is 0 Å². The minimum atomic E-state index is -0.626. The number of hydrogen-bond donors (Lipinski definition) is 3. The van der Waals surface area contributed by atoms with Crippen LogP contribution in [0.1, 0.15) is 15.9 Å². The predicted octanol–water partition coefficient (Wildman–Crippen LogP) is 1.46. The van der Waals surface area contributed by atoms with Crippen LogP contribution < -0.4 is 26.1 Å². The van der Waals surface area contributed by atoms with Crippen LogP contribution in [0.25, 0.3) is 6.08 Å². The van der Waals surface area contributed by atoms with E-state index in [0.717, 1.165) is 0 Å². The lowest BCUT2D eigenvalue weighted by atomic mass is 10.1. The number of ether oxygens (including phenoxy) is 2. The summed E-state index contributed by atoms with van der Waals surface area (Å²) in [5, 5.41) is 2.56. The summed E-state index contributed by atoms with van der Waals surface area (Å²) in [5.74, 6) is 5.21. The van der Waals surface area contributed by atoms with Crippen LogP contribution in [0, 0.1) is 0 Å². The van der Waals surface area contributed by atoms with Gasteiger partial charge in [-0.3, -0.25) is 15.0 Å². The molecule has 0 atom stereocenters. The Labute approximate surface area is 145 Å². The van der Waals surface area contributed by atoms with E-state index in [1.807, 2.05) is 5.43 Å². The maximum absolute atomic E-state index is 12.3. The Balaban J connectivity index is 2.32. The fourth-order valence-corrected chi connectivity index (χ4v) is 2.13. The summed E-state index contributed by atoms with van der Waals surface area (Å²) in [7, 11) is 3.04. The number of benzene rings is 2. The van der Waals surface area contributed by atoms with Gasteiger partial charge in [0.15, 0.2) is 11.5 Å². The largest absolute Gasteiger partial charge is 0.493 e. The van der Waals surface area contributed by atoms with Gasteiger partial charge in [-0.1, -0.05) is 24.3 Å². The standard InChI is InChI=1S/C18H19N3O4/c1-24-15-9-8-12(11-16(15)25-2)10-14(18(23)21-19)20-17(22)13-6-4-3-5-7-13/h3-11H,19H2,1-2H3,(H,20,22)(H,21,23). The summed E-state index contributed by atoms with van der Waals surface area (Å²) < 4.78 is 10.4. The molecule has 7 heteroatoms. The van der Waals surface area contributed by atoms with E-state index in [9.17, 15) is 9.59 Å². The monoisotopic (exact) mass is 341 g/mol. The van der Waals surface area contributed by atoms with Gasteiger partial charge >= 0.3 is 0 Å². The van der Waals surface area contributed by atoms with Crippen molar-refractivity contribution >= 4 is 17.9 Å². The smallest absolute Gasteiger partial charge is 0.281 e. The van der Waals surface area contributed by atoms with Crippen LogP contribution in [0.3, 0.4) is 0 Å². The van der Waals surface area contributed by atoms with Gasteiger partial charge < -0.3 is 14.8 Å². The number of amides is 2. The molecule has 0 saturated carbocycles. The Kier molecular flexibility index (Phi) is 6.14. The van der Waals surface area contributed by atoms with Gasteiger partial charge in [0, 0.05) is 5.56 Å². The van der Waals surface area contributed by atoms with E-state index in [1.165, 1.54) is 20.3 Å². The summed E-state index contributed by atoms with van der Waals surface area (Å²) in [6, 6.07) is 13.6. The number of carbonyl (C=O) groups excluding carboxylic acids is 2. The molecule has 0 aliphatic carbocycles. The molecule has 0 aliphatic heterocycles. The molecule has 0 unspecified atom stereocenters. The molecule has 4 N–H and O–H groups in total. The summed E-state index contributed by atoms with van der Waals surface area (Å²) >= 11 is 0. The first-order chi connectivity index (χ1) is 12.1. The molecule has 0 saturated heterocycles. The lowest BCUT2D eigenvalue weighted by Crippen LogP contribution is -2.38. The Morgan fingerprint density at radius 3 is 2.28 bits per heavy atom. The summed E-state index contributed by atoms with van der Waals surface area (Å²) in [6.45, 7) is 0. The SMILES string of the molecule is COc1ccc(C=C(NC(=O)c2ccccc2)C(=O)NN)cc1OC. The molecule has 0 radical (unpaired) electrons. The Morgan fingerprint density at radius 1 is 1.00 bits per heavy atom. The number of nitrogens with one attached hydrogen (secondary N) is 2. The van der Waals surface area contributed by atoms with Gasteiger partial charge in [0.05, 0.1) is 14.2 Å². The first kappa shape index (κ1) is 18.0. The minimum Gasteiger partial charge on any atom is -0.493 e. The normalized spacial score (nSPS) is 10.8. The van der Waals surface area contributed by atoms with Crippen LogP contribution in [-0.4, -0.2) is 26.0 Å². The number of nitrogens with two attached hydrogens (primary N) is 1. The maximum Gasteiger partial charge on any atom is 0.281 e. The molecular formula is C18H19N3O4. The van der Waals surface area contributed by atoms with E-state index in [4.69, 9.17) is 15.3 Å². The number of methoxy groups -OCH3 is 2. The Morgan fingerprint density at radius 2 is 1.68 bits per heavy atom. The molecule has 7 nitrogen and oxygen atoms in total. The van der Waals surface area contributed by atoms with Crippen molar-refractivity contribution in [1.29, 1.82) is 0 Å². The highest BCUT2D eigenvalue weighted by molar-refractivity contribution is 6.05.